The summed E-state index contributed by atoms with van der Waals surface area (Å²) in [6.45, 7) is 7.78. The Morgan fingerprint density at radius 2 is 2.00 bits per heavy atom. The molecule has 1 heterocycles. The highest BCUT2D eigenvalue weighted by molar-refractivity contribution is 5.04. The lowest BCUT2D eigenvalue weighted by molar-refractivity contribution is 0.317. The van der Waals surface area contributed by atoms with Crippen molar-refractivity contribution in [1.82, 2.24) is 15.3 Å². The van der Waals surface area contributed by atoms with E-state index in [1.807, 2.05) is 6.20 Å². The summed E-state index contributed by atoms with van der Waals surface area (Å²) in [5, 5.41) is 3.64. The van der Waals surface area contributed by atoms with Crippen molar-refractivity contribution in [2.45, 2.75) is 58.9 Å². The number of rotatable bonds is 9. The van der Waals surface area contributed by atoms with Crippen LogP contribution in [-0.4, -0.2) is 16.5 Å². The Bertz CT molecular complexity index is 300. The molecule has 3 heteroatoms. The lowest BCUT2D eigenvalue weighted by Crippen LogP contribution is -2.29. The summed E-state index contributed by atoms with van der Waals surface area (Å²) >= 11 is 0. The number of nitrogens with zero attached hydrogens (tertiary/aromatic N) is 2. The molecule has 1 N–H and O–H groups in total. The molecule has 0 aliphatic carbocycles. The van der Waals surface area contributed by atoms with Gasteiger partial charge in [-0.15, -0.1) is 0 Å². The predicted octanol–water partition coefficient (Wildman–Crippen LogP) is 3.73. The monoisotopic (exact) mass is 249 g/mol. The van der Waals surface area contributed by atoms with E-state index in [9.17, 15) is 0 Å². The first kappa shape index (κ1) is 15.1. The average molecular weight is 249 g/mol. The van der Waals surface area contributed by atoms with Crippen LogP contribution in [0.4, 0.5) is 0 Å². The van der Waals surface area contributed by atoms with Crippen molar-refractivity contribution >= 4 is 0 Å². The number of hydrogen-bond acceptors (Lipinski definition) is 3. The van der Waals surface area contributed by atoms with Crippen LogP contribution in [0.1, 0.15) is 64.6 Å². The van der Waals surface area contributed by atoms with Crippen LogP contribution < -0.4 is 5.32 Å². The van der Waals surface area contributed by atoms with Crippen LogP contribution >= 0.6 is 0 Å². The van der Waals surface area contributed by atoms with E-state index in [1.165, 1.54) is 25.7 Å². The first-order valence-electron chi connectivity index (χ1n) is 7.32. The Morgan fingerprint density at radius 3 is 2.56 bits per heavy atom. The second-order valence-corrected chi connectivity index (χ2v) is 4.87. The second kappa shape index (κ2) is 9.03. The fourth-order valence-electron chi connectivity index (χ4n) is 2.36. The van der Waals surface area contributed by atoms with E-state index in [-0.39, 0.29) is 0 Å². The van der Waals surface area contributed by atoms with Crippen LogP contribution in [0.25, 0.3) is 0 Å². The maximum Gasteiger partial charge on any atom is 0.0758 e. The quantitative estimate of drug-likeness (QED) is 0.724. The number of aromatic nitrogens is 2. The third kappa shape index (κ3) is 4.73. The largest absolute Gasteiger partial charge is 0.308 e. The highest BCUT2D eigenvalue weighted by Crippen LogP contribution is 2.27. The van der Waals surface area contributed by atoms with Crippen LogP contribution in [0.5, 0.6) is 0 Å². The smallest absolute Gasteiger partial charge is 0.0758 e. The normalized spacial score (nSPS) is 14.4. The Hall–Kier alpha value is -0.960. The summed E-state index contributed by atoms with van der Waals surface area (Å²) < 4.78 is 0. The summed E-state index contributed by atoms with van der Waals surface area (Å²) in [7, 11) is 0. The lowest BCUT2D eigenvalue weighted by Gasteiger charge is -2.26. The van der Waals surface area contributed by atoms with E-state index < -0.39 is 0 Å². The third-order valence-corrected chi connectivity index (χ3v) is 3.44. The predicted molar refractivity (Wildman–Crippen MR) is 76.4 cm³/mol. The third-order valence-electron chi connectivity index (χ3n) is 3.44. The highest BCUT2D eigenvalue weighted by Gasteiger charge is 2.21. The molecule has 0 amide bonds. The van der Waals surface area contributed by atoms with E-state index in [1.54, 1.807) is 12.4 Å². The summed E-state index contributed by atoms with van der Waals surface area (Å²) in [5.41, 5.74) is 1.09. The number of hydrogen-bond donors (Lipinski definition) is 1. The summed E-state index contributed by atoms with van der Waals surface area (Å²) in [5.74, 6) is 0.660. The van der Waals surface area contributed by atoms with Gasteiger partial charge in [-0.3, -0.25) is 9.97 Å². The molecular formula is C15H27N3. The fraction of sp³-hybridized carbons (Fsp3) is 0.733. The zero-order valence-corrected chi connectivity index (χ0v) is 12.0. The van der Waals surface area contributed by atoms with E-state index >= 15 is 0 Å². The number of nitrogens with one attached hydrogen (secondary N) is 1. The van der Waals surface area contributed by atoms with Crippen LogP contribution in [0.15, 0.2) is 18.6 Å². The minimum Gasteiger partial charge on any atom is -0.308 e. The van der Waals surface area contributed by atoms with Crippen LogP contribution in [-0.2, 0) is 0 Å². The van der Waals surface area contributed by atoms with Crippen LogP contribution in [0.3, 0.4) is 0 Å². The van der Waals surface area contributed by atoms with Gasteiger partial charge in [0.05, 0.1) is 11.7 Å². The zero-order chi connectivity index (χ0) is 13.2. The van der Waals surface area contributed by atoms with Crippen molar-refractivity contribution in [1.29, 1.82) is 0 Å². The van der Waals surface area contributed by atoms with Crippen molar-refractivity contribution in [2.24, 2.45) is 5.92 Å². The van der Waals surface area contributed by atoms with Gasteiger partial charge >= 0.3 is 0 Å². The van der Waals surface area contributed by atoms with Gasteiger partial charge in [-0.2, -0.15) is 0 Å². The molecule has 18 heavy (non-hydrogen) atoms. The van der Waals surface area contributed by atoms with Gasteiger partial charge in [-0.05, 0) is 25.3 Å². The average Bonchev–Trinajstić information content (AvgIpc) is 2.43. The molecule has 0 spiro atoms. The van der Waals surface area contributed by atoms with Gasteiger partial charge in [-0.25, -0.2) is 0 Å². The van der Waals surface area contributed by atoms with Crippen molar-refractivity contribution in [3.8, 4) is 0 Å². The molecule has 102 valence electrons. The molecule has 3 nitrogen and oxygen atoms in total. The van der Waals surface area contributed by atoms with Gasteiger partial charge in [0.25, 0.3) is 0 Å². The standard InChI is InChI=1S/C15H27N3/c1-4-7-8-13(6-3)15(18-9-5-2)14-12-16-10-11-17-14/h10-13,15,18H,4-9H2,1-3H3. The molecule has 1 aromatic heterocycles. The highest BCUT2D eigenvalue weighted by atomic mass is 15.0. The maximum absolute atomic E-state index is 4.48. The molecule has 0 radical (unpaired) electrons. The maximum atomic E-state index is 4.48. The van der Waals surface area contributed by atoms with E-state index in [4.69, 9.17) is 0 Å². The van der Waals surface area contributed by atoms with Gasteiger partial charge in [-0.1, -0.05) is 40.0 Å². The summed E-state index contributed by atoms with van der Waals surface area (Å²) in [6.07, 6.45) is 11.6. The van der Waals surface area contributed by atoms with Crippen LogP contribution in [0, 0.1) is 5.92 Å². The Morgan fingerprint density at radius 1 is 1.17 bits per heavy atom. The van der Waals surface area contributed by atoms with E-state index in [0.717, 1.165) is 18.7 Å². The molecule has 2 unspecified atom stereocenters. The molecule has 2 atom stereocenters. The summed E-state index contributed by atoms with van der Waals surface area (Å²) in [4.78, 5) is 8.69. The molecule has 0 aromatic carbocycles. The van der Waals surface area contributed by atoms with Gasteiger partial charge in [0.2, 0.25) is 0 Å². The SMILES string of the molecule is CCCCC(CC)C(NCCC)c1cnccn1. The first-order valence-corrected chi connectivity index (χ1v) is 7.32. The molecule has 0 bridgehead atoms. The minimum absolute atomic E-state index is 0.357. The first-order chi connectivity index (χ1) is 8.83. The molecule has 1 aromatic rings. The molecule has 0 saturated carbocycles. The number of unbranched alkanes of at least 4 members (excludes halogenated alkanes) is 1. The molecule has 0 saturated heterocycles. The Balaban J connectivity index is 2.75. The van der Waals surface area contributed by atoms with Gasteiger partial charge in [0.15, 0.2) is 0 Å². The Kier molecular flexibility index (Phi) is 7.58. The van der Waals surface area contributed by atoms with Crippen molar-refractivity contribution < 1.29 is 0 Å². The van der Waals surface area contributed by atoms with E-state index in [0.29, 0.717) is 12.0 Å². The summed E-state index contributed by atoms with van der Waals surface area (Å²) in [6, 6.07) is 0.357. The van der Waals surface area contributed by atoms with Gasteiger partial charge in [0.1, 0.15) is 0 Å². The van der Waals surface area contributed by atoms with E-state index in [2.05, 4.69) is 36.1 Å². The van der Waals surface area contributed by atoms with Crippen molar-refractivity contribution in [3.63, 3.8) is 0 Å². The molecule has 0 aliphatic heterocycles. The van der Waals surface area contributed by atoms with Crippen molar-refractivity contribution in [3.05, 3.63) is 24.3 Å². The topological polar surface area (TPSA) is 37.8 Å². The van der Waals surface area contributed by atoms with Crippen LogP contribution in [0.2, 0.25) is 0 Å². The molecule has 0 fully saturated rings. The van der Waals surface area contributed by atoms with Gasteiger partial charge < -0.3 is 5.32 Å². The van der Waals surface area contributed by atoms with Gasteiger partial charge in [0, 0.05) is 18.6 Å². The molecular weight excluding hydrogens is 222 g/mol. The molecule has 1 rings (SSSR count). The second-order valence-electron chi connectivity index (χ2n) is 4.87. The Labute approximate surface area is 111 Å². The minimum atomic E-state index is 0.357. The van der Waals surface area contributed by atoms with Crippen molar-refractivity contribution in [2.75, 3.05) is 6.54 Å². The zero-order valence-electron chi connectivity index (χ0n) is 12.0. The molecule has 0 aliphatic rings. The fourth-order valence-corrected chi connectivity index (χ4v) is 2.36. The lowest BCUT2D eigenvalue weighted by atomic mass is 9.89.